The summed E-state index contributed by atoms with van der Waals surface area (Å²) in [7, 11) is 4.33. The summed E-state index contributed by atoms with van der Waals surface area (Å²) in [6.07, 6.45) is 3.72. The van der Waals surface area contributed by atoms with E-state index < -0.39 is 0 Å². The summed E-state index contributed by atoms with van der Waals surface area (Å²) in [5, 5.41) is 0. The first kappa shape index (κ1) is 13.9. The van der Waals surface area contributed by atoms with E-state index in [1.165, 1.54) is 32.5 Å². The second kappa shape index (κ2) is 5.99. The predicted octanol–water partition coefficient (Wildman–Crippen LogP) is 1.39. The standard InChI is InChI=1S/C13H29N3/c1-5-13(2,14)11-16-8-6-12(7-9-16)10-15(3)4/h12H,5-11,14H2,1-4H3. The van der Waals surface area contributed by atoms with E-state index in [0.717, 1.165) is 18.9 Å². The summed E-state index contributed by atoms with van der Waals surface area (Å²) in [5.74, 6) is 0.886. The van der Waals surface area contributed by atoms with Gasteiger partial charge in [-0.1, -0.05) is 6.92 Å². The lowest BCUT2D eigenvalue weighted by Crippen LogP contribution is -2.50. The van der Waals surface area contributed by atoms with Crippen molar-refractivity contribution in [2.75, 3.05) is 40.3 Å². The van der Waals surface area contributed by atoms with Crippen LogP contribution in [0.25, 0.3) is 0 Å². The zero-order chi connectivity index (χ0) is 12.2. The Kier molecular flexibility index (Phi) is 5.22. The number of hydrogen-bond donors (Lipinski definition) is 1. The monoisotopic (exact) mass is 227 g/mol. The van der Waals surface area contributed by atoms with Crippen LogP contribution in [0, 0.1) is 5.92 Å². The van der Waals surface area contributed by atoms with Crippen LogP contribution >= 0.6 is 0 Å². The second-order valence-corrected chi connectivity index (χ2v) is 5.99. The quantitative estimate of drug-likeness (QED) is 0.770. The normalized spacial score (nSPS) is 23.6. The molecule has 1 unspecified atom stereocenters. The van der Waals surface area contributed by atoms with E-state index in [4.69, 9.17) is 5.73 Å². The molecule has 1 aliphatic rings. The molecule has 0 radical (unpaired) electrons. The number of rotatable bonds is 5. The smallest absolute Gasteiger partial charge is 0.0252 e. The van der Waals surface area contributed by atoms with Crippen molar-refractivity contribution in [1.29, 1.82) is 0 Å². The summed E-state index contributed by atoms with van der Waals surface area (Å²) in [5.41, 5.74) is 6.21. The van der Waals surface area contributed by atoms with Gasteiger partial charge in [0.15, 0.2) is 0 Å². The predicted molar refractivity (Wildman–Crippen MR) is 70.6 cm³/mol. The van der Waals surface area contributed by atoms with E-state index in [1.54, 1.807) is 0 Å². The summed E-state index contributed by atoms with van der Waals surface area (Å²) in [6, 6.07) is 0. The van der Waals surface area contributed by atoms with E-state index in [2.05, 4.69) is 37.7 Å². The lowest BCUT2D eigenvalue weighted by atomic mass is 9.93. The van der Waals surface area contributed by atoms with Gasteiger partial charge in [-0.05, 0) is 59.3 Å². The Morgan fingerprint density at radius 2 is 1.88 bits per heavy atom. The number of hydrogen-bond acceptors (Lipinski definition) is 3. The molecule has 96 valence electrons. The van der Waals surface area contributed by atoms with E-state index in [9.17, 15) is 0 Å². The van der Waals surface area contributed by atoms with Gasteiger partial charge in [0.05, 0.1) is 0 Å². The minimum atomic E-state index is -0.00557. The largest absolute Gasteiger partial charge is 0.324 e. The average molecular weight is 227 g/mol. The molecular formula is C13H29N3. The minimum Gasteiger partial charge on any atom is -0.324 e. The van der Waals surface area contributed by atoms with Gasteiger partial charge in [-0.25, -0.2) is 0 Å². The summed E-state index contributed by atoms with van der Waals surface area (Å²) < 4.78 is 0. The zero-order valence-corrected chi connectivity index (χ0v) is 11.5. The highest BCUT2D eigenvalue weighted by Gasteiger charge is 2.24. The fourth-order valence-electron chi connectivity index (χ4n) is 2.47. The highest BCUT2D eigenvalue weighted by molar-refractivity contribution is 4.84. The Morgan fingerprint density at radius 3 is 2.31 bits per heavy atom. The highest BCUT2D eigenvalue weighted by atomic mass is 15.2. The van der Waals surface area contributed by atoms with Gasteiger partial charge in [-0.2, -0.15) is 0 Å². The molecule has 1 atom stereocenters. The highest BCUT2D eigenvalue weighted by Crippen LogP contribution is 2.19. The lowest BCUT2D eigenvalue weighted by Gasteiger charge is -2.37. The van der Waals surface area contributed by atoms with Crippen LogP contribution in [0.5, 0.6) is 0 Å². The summed E-state index contributed by atoms with van der Waals surface area (Å²) >= 11 is 0. The van der Waals surface area contributed by atoms with Crippen molar-refractivity contribution in [3.05, 3.63) is 0 Å². The molecule has 0 saturated carbocycles. The molecule has 0 aliphatic carbocycles. The van der Waals surface area contributed by atoms with Gasteiger partial charge in [0, 0.05) is 18.6 Å². The fourth-order valence-corrected chi connectivity index (χ4v) is 2.47. The summed E-state index contributed by atoms with van der Waals surface area (Å²) in [4.78, 5) is 4.84. The third-order valence-corrected chi connectivity index (χ3v) is 3.72. The van der Waals surface area contributed by atoms with Crippen molar-refractivity contribution in [3.63, 3.8) is 0 Å². The van der Waals surface area contributed by atoms with Crippen LogP contribution in [0.3, 0.4) is 0 Å². The fraction of sp³-hybridized carbons (Fsp3) is 1.00. The van der Waals surface area contributed by atoms with E-state index in [0.29, 0.717) is 0 Å². The number of piperidine rings is 1. The van der Waals surface area contributed by atoms with E-state index >= 15 is 0 Å². The number of nitrogens with zero attached hydrogens (tertiary/aromatic N) is 2. The Morgan fingerprint density at radius 1 is 1.31 bits per heavy atom. The Hall–Kier alpha value is -0.120. The van der Waals surface area contributed by atoms with Gasteiger partial charge in [-0.3, -0.25) is 0 Å². The van der Waals surface area contributed by atoms with Crippen LogP contribution in [0.15, 0.2) is 0 Å². The maximum Gasteiger partial charge on any atom is 0.0252 e. The van der Waals surface area contributed by atoms with E-state index in [-0.39, 0.29) is 5.54 Å². The molecule has 2 N–H and O–H groups in total. The van der Waals surface area contributed by atoms with Crippen molar-refractivity contribution in [1.82, 2.24) is 9.80 Å². The molecule has 16 heavy (non-hydrogen) atoms. The maximum atomic E-state index is 6.21. The average Bonchev–Trinajstić information content (AvgIpc) is 2.20. The van der Waals surface area contributed by atoms with Gasteiger partial charge in [0.1, 0.15) is 0 Å². The van der Waals surface area contributed by atoms with Gasteiger partial charge < -0.3 is 15.5 Å². The molecule has 0 aromatic carbocycles. The van der Waals surface area contributed by atoms with Crippen LogP contribution in [0.1, 0.15) is 33.1 Å². The molecule has 3 heteroatoms. The zero-order valence-electron chi connectivity index (χ0n) is 11.5. The maximum absolute atomic E-state index is 6.21. The first-order chi connectivity index (χ1) is 7.43. The Bertz CT molecular complexity index is 193. The number of likely N-dealkylation sites (tertiary alicyclic amines) is 1. The van der Waals surface area contributed by atoms with Crippen molar-refractivity contribution >= 4 is 0 Å². The summed E-state index contributed by atoms with van der Waals surface area (Å²) in [6.45, 7) is 9.09. The SMILES string of the molecule is CCC(C)(N)CN1CCC(CN(C)C)CC1. The first-order valence-electron chi connectivity index (χ1n) is 6.59. The Labute approximate surface area is 101 Å². The van der Waals surface area contributed by atoms with Gasteiger partial charge >= 0.3 is 0 Å². The molecule has 0 amide bonds. The molecule has 0 bridgehead atoms. The third kappa shape index (κ3) is 4.81. The van der Waals surface area contributed by atoms with Crippen LogP contribution in [0.2, 0.25) is 0 Å². The van der Waals surface area contributed by atoms with Crippen molar-refractivity contribution in [3.8, 4) is 0 Å². The third-order valence-electron chi connectivity index (χ3n) is 3.72. The van der Waals surface area contributed by atoms with Crippen LogP contribution in [-0.2, 0) is 0 Å². The first-order valence-corrected chi connectivity index (χ1v) is 6.59. The van der Waals surface area contributed by atoms with Crippen LogP contribution in [0.4, 0.5) is 0 Å². The Balaban J connectivity index is 2.27. The van der Waals surface area contributed by atoms with Gasteiger partial charge in [-0.15, -0.1) is 0 Å². The second-order valence-electron chi connectivity index (χ2n) is 5.99. The van der Waals surface area contributed by atoms with Crippen molar-refractivity contribution in [2.45, 2.75) is 38.6 Å². The lowest BCUT2D eigenvalue weighted by molar-refractivity contribution is 0.137. The molecular weight excluding hydrogens is 198 g/mol. The van der Waals surface area contributed by atoms with E-state index in [1.807, 2.05) is 0 Å². The molecule has 1 rings (SSSR count). The molecule has 1 saturated heterocycles. The topological polar surface area (TPSA) is 32.5 Å². The minimum absolute atomic E-state index is 0.00557. The number of nitrogens with two attached hydrogens (primary N) is 1. The molecule has 1 heterocycles. The molecule has 0 spiro atoms. The molecule has 0 aromatic rings. The van der Waals surface area contributed by atoms with Crippen molar-refractivity contribution < 1.29 is 0 Å². The van der Waals surface area contributed by atoms with Gasteiger partial charge in [0.2, 0.25) is 0 Å². The molecule has 0 aromatic heterocycles. The van der Waals surface area contributed by atoms with Gasteiger partial charge in [0.25, 0.3) is 0 Å². The van der Waals surface area contributed by atoms with Crippen LogP contribution < -0.4 is 5.73 Å². The molecule has 1 aliphatic heterocycles. The van der Waals surface area contributed by atoms with Crippen molar-refractivity contribution in [2.24, 2.45) is 11.7 Å². The van der Waals surface area contributed by atoms with Crippen LogP contribution in [-0.4, -0.2) is 55.6 Å². The molecule has 3 nitrogen and oxygen atoms in total. The molecule has 1 fully saturated rings.